The Kier molecular flexibility index (Phi) is 7.39. The molecule has 0 spiro atoms. The molecule has 3 atom stereocenters. The Balaban J connectivity index is 1.20. The van der Waals surface area contributed by atoms with Gasteiger partial charge < -0.3 is 14.2 Å². The van der Waals surface area contributed by atoms with Crippen molar-refractivity contribution in [3.8, 4) is 0 Å². The molecule has 1 aromatic carbocycles. The van der Waals surface area contributed by atoms with Crippen LogP contribution in [0.15, 0.2) is 33.9 Å². The van der Waals surface area contributed by atoms with Crippen LogP contribution >= 0.6 is 0 Å². The van der Waals surface area contributed by atoms with Gasteiger partial charge in [-0.25, -0.2) is 37.1 Å². The quantitative estimate of drug-likeness (QED) is 0.346. The fraction of sp³-hybridized carbons (Fsp3) is 0.560. The molecule has 2 bridgehead atoms. The number of rotatable bonds is 9. The summed E-state index contributed by atoms with van der Waals surface area (Å²) in [7, 11) is 0. The van der Waals surface area contributed by atoms with Crippen LogP contribution in [0.1, 0.15) is 49.0 Å². The van der Waals surface area contributed by atoms with Crippen LogP contribution in [-0.2, 0) is 43.6 Å². The number of esters is 2. The lowest BCUT2D eigenvalue weighted by Gasteiger charge is -2.39. The molecular weight excluding hydrogens is 506 g/mol. The summed E-state index contributed by atoms with van der Waals surface area (Å²) in [6, 6.07) is 7.41. The molecule has 4 heterocycles. The van der Waals surface area contributed by atoms with Crippen LogP contribution in [0.25, 0.3) is 0 Å². The number of hydrogen-bond donors (Lipinski definition) is 0. The van der Waals surface area contributed by atoms with Gasteiger partial charge in [0.25, 0.3) is 0 Å². The van der Waals surface area contributed by atoms with Gasteiger partial charge in [-0.3, -0.25) is 4.90 Å². The first-order valence-electron chi connectivity index (χ1n) is 12.5. The Morgan fingerprint density at radius 3 is 2.21 bits per heavy atom. The summed E-state index contributed by atoms with van der Waals surface area (Å²) >= 11 is 0. The molecule has 2 aromatic rings. The fourth-order valence-electron chi connectivity index (χ4n) is 5.49. The highest BCUT2D eigenvalue weighted by atomic mass is 19.1. The van der Waals surface area contributed by atoms with Gasteiger partial charge in [0, 0.05) is 18.6 Å². The molecule has 3 saturated heterocycles. The van der Waals surface area contributed by atoms with Gasteiger partial charge in [-0.1, -0.05) is 24.3 Å². The smallest absolute Gasteiger partial charge is 0.397 e. The number of hydrogen-bond acceptors (Lipinski definition) is 9. The largest absolute Gasteiger partial charge is 0.422 e. The number of aromatic nitrogens is 3. The van der Waals surface area contributed by atoms with Gasteiger partial charge in [0.1, 0.15) is 18.7 Å². The first kappa shape index (κ1) is 26.2. The molecule has 0 aliphatic carbocycles. The van der Waals surface area contributed by atoms with E-state index in [9.17, 15) is 23.6 Å². The number of piperidine rings is 1. The zero-order chi connectivity index (χ0) is 27.0. The minimum atomic E-state index is -1.70. The van der Waals surface area contributed by atoms with E-state index in [1.807, 2.05) is 12.1 Å². The molecule has 11 nitrogen and oxygen atoms in total. The normalized spacial score (nSPS) is 24.4. The van der Waals surface area contributed by atoms with Crippen LogP contribution in [0.5, 0.6) is 0 Å². The predicted molar refractivity (Wildman–Crippen MR) is 126 cm³/mol. The minimum absolute atomic E-state index is 0.0237. The topological polar surface area (TPSA) is 122 Å². The maximum Gasteiger partial charge on any atom is 0.422 e. The molecule has 1 aromatic heterocycles. The summed E-state index contributed by atoms with van der Waals surface area (Å²) in [6.07, 6.45) is 0.0551. The molecule has 0 unspecified atom stereocenters. The van der Waals surface area contributed by atoms with E-state index in [0.717, 1.165) is 35.8 Å². The average Bonchev–Trinajstić information content (AvgIpc) is 3.32. The number of alkyl halides is 2. The molecule has 3 aliphatic heterocycles. The van der Waals surface area contributed by atoms with Crippen molar-refractivity contribution in [1.82, 2.24) is 19.0 Å². The van der Waals surface area contributed by atoms with Gasteiger partial charge in [0.05, 0.1) is 19.3 Å². The third-order valence-corrected chi connectivity index (χ3v) is 7.36. The molecule has 0 amide bonds. The van der Waals surface area contributed by atoms with Crippen molar-refractivity contribution in [1.29, 1.82) is 0 Å². The molecule has 38 heavy (non-hydrogen) atoms. The number of benzene rings is 1. The third-order valence-electron chi connectivity index (χ3n) is 7.36. The Bertz CT molecular complexity index is 1300. The van der Waals surface area contributed by atoms with Crippen LogP contribution in [0.3, 0.4) is 0 Å². The number of carbonyl (C=O) groups is 2. The van der Waals surface area contributed by atoms with E-state index in [4.69, 9.17) is 14.2 Å². The Hall–Kier alpha value is -3.45. The van der Waals surface area contributed by atoms with Crippen LogP contribution in [-0.4, -0.2) is 61.9 Å². The van der Waals surface area contributed by atoms with E-state index < -0.39 is 49.1 Å². The van der Waals surface area contributed by atoms with Crippen molar-refractivity contribution in [3.63, 3.8) is 0 Å². The molecule has 13 heteroatoms. The highest BCUT2D eigenvalue weighted by Gasteiger charge is 2.42. The zero-order valence-electron chi connectivity index (χ0n) is 20.8. The number of ether oxygens (including phenoxy) is 3. The standard InChI is InChI=1S/C25H28F2N4O7/c1-14-28-23(34)30(24(35)31(14)25-37-21(32)22(33)38-25)12-17(27)11-29-18-6-7-19(29)9-20(8-18)36-13-16-4-2-15(10-26)3-5-16/h2-5,17-20,25H,6-13H2,1H3/t17-,18-,19-/m1/s1. The van der Waals surface area contributed by atoms with E-state index >= 15 is 4.39 Å². The van der Waals surface area contributed by atoms with Gasteiger partial charge in [-0.15, -0.1) is 0 Å². The first-order chi connectivity index (χ1) is 18.2. The number of fused-ring (bicyclic) bond motifs is 2. The van der Waals surface area contributed by atoms with Crippen molar-refractivity contribution in [3.05, 3.63) is 62.2 Å². The van der Waals surface area contributed by atoms with Crippen LogP contribution < -0.4 is 11.4 Å². The summed E-state index contributed by atoms with van der Waals surface area (Å²) in [6.45, 7) is 0.700. The maximum absolute atomic E-state index is 15.3. The van der Waals surface area contributed by atoms with E-state index in [1.54, 1.807) is 12.1 Å². The molecule has 0 radical (unpaired) electrons. The van der Waals surface area contributed by atoms with Crippen LogP contribution in [0.2, 0.25) is 0 Å². The lowest BCUT2D eigenvalue weighted by atomic mass is 9.99. The fourth-order valence-corrected chi connectivity index (χ4v) is 5.49. The number of cyclic esters (lactones) is 2. The number of halogens is 2. The predicted octanol–water partition coefficient (Wildman–Crippen LogP) is 1.29. The van der Waals surface area contributed by atoms with Gasteiger partial charge >= 0.3 is 29.7 Å². The van der Waals surface area contributed by atoms with Crippen molar-refractivity contribution in [2.75, 3.05) is 6.54 Å². The summed E-state index contributed by atoms with van der Waals surface area (Å²) in [5.74, 6) is -2.70. The van der Waals surface area contributed by atoms with Crippen molar-refractivity contribution in [2.24, 2.45) is 0 Å². The molecule has 0 saturated carbocycles. The second-order valence-corrected chi connectivity index (χ2v) is 9.86. The maximum atomic E-state index is 15.3. The summed E-state index contributed by atoms with van der Waals surface area (Å²) in [4.78, 5) is 53.9. The monoisotopic (exact) mass is 534 g/mol. The van der Waals surface area contributed by atoms with Gasteiger partial charge in [0.15, 0.2) is 0 Å². The summed E-state index contributed by atoms with van der Waals surface area (Å²) < 4.78 is 44.9. The third kappa shape index (κ3) is 5.25. The van der Waals surface area contributed by atoms with E-state index in [-0.39, 0.29) is 30.6 Å². The first-order valence-corrected chi connectivity index (χ1v) is 12.5. The highest BCUT2D eigenvalue weighted by Crippen LogP contribution is 2.37. The van der Waals surface area contributed by atoms with Crippen molar-refractivity contribution in [2.45, 2.75) is 83.2 Å². The number of nitrogens with zero attached hydrogens (tertiary/aromatic N) is 4. The van der Waals surface area contributed by atoms with Gasteiger partial charge in [-0.2, -0.15) is 4.98 Å². The Labute approximate surface area is 215 Å². The van der Waals surface area contributed by atoms with E-state index in [0.29, 0.717) is 16.7 Å². The zero-order valence-corrected chi connectivity index (χ0v) is 20.8. The molecule has 5 rings (SSSR count). The second-order valence-electron chi connectivity index (χ2n) is 9.86. The molecule has 3 fully saturated rings. The average molecular weight is 535 g/mol. The Morgan fingerprint density at radius 2 is 1.61 bits per heavy atom. The van der Waals surface area contributed by atoms with Gasteiger partial charge in [0.2, 0.25) is 0 Å². The molecule has 0 N–H and O–H groups in total. The SMILES string of the molecule is Cc1nc(=O)n(C[C@H](F)CN2[C@@H]3CC[C@@H]2CC(OCc2ccc(CF)cc2)C3)c(=O)n1C1OC(=O)C(=O)O1. The van der Waals surface area contributed by atoms with Gasteiger partial charge in [-0.05, 0) is 43.7 Å². The Morgan fingerprint density at radius 1 is 1.00 bits per heavy atom. The summed E-state index contributed by atoms with van der Waals surface area (Å²) in [5.41, 5.74) is -0.358. The molecular formula is C25H28F2N4O7. The van der Waals surface area contributed by atoms with E-state index in [2.05, 4.69) is 9.88 Å². The lowest BCUT2D eigenvalue weighted by molar-refractivity contribution is -0.155. The summed E-state index contributed by atoms with van der Waals surface area (Å²) in [5, 5.41) is 0. The van der Waals surface area contributed by atoms with Crippen molar-refractivity contribution < 1.29 is 32.6 Å². The lowest BCUT2D eigenvalue weighted by Crippen LogP contribution is -2.50. The minimum Gasteiger partial charge on any atom is -0.397 e. The van der Waals surface area contributed by atoms with Crippen LogP contribution in [0, 0.1) is 6.92 Å². The van der Waals surface area contributed by atoms with Crippen molar-refractivity contribution >= 4 is 11.9 Å². The van der Waals surface area contributed by atoms with E-state index in [1.165, 1.54) is 6.92 Å². The molecule has 204 valence electrons. The highest BCUT2D eigenvalue weighted by molar-refractivity contribution is 6.30. The molecule has 3 aliphatic rings. The number of carbonyl (C=O) groups excluding carboxylic acids is 2. The number of aryl methyl sites for hydroxylation is 1. The second kappa shape index (κ2) is 10.7. The van der Waals surface area contributed by atoms with Crippen LogP contribution in [0.4, 0.5) is 8.78 Å².